The Hall–Kier alpha value is 0.1000. The predicted molar refractivity (Wildman–Crippen MR) is 75.1 cm³/mol. The minimum absolute atomic E-state index is 0. The fraction of sp³-hybridized carbons (Fsp3) is 0.900. The normalized spacial score (nSPS) is 22.3. The predicted octanol–water partition coefficient (Wildman–Crippen LogP) is 2.02. The highest BCUT2D eigenvalue weighted by Gasteiger charge is 2.12. The highest BCUT2D eigenvalue weighted by Crippen LogP contribution is 2.22. The number of nitrogens with two attached hydrogens (primary N) is 1. The van der Waals surface area contributed by atoms with Gasteiger partial charge in [-0.25, -0.2) is 0 Å². The van der Waals surface area contributed by atoms with Crippen molar-refractivity contribution in [3.8, 4) is 0 Å². The fourth-order valence-electron chi connectivity index (χ4n) is 1.52. The van der Waals surface area contributed by atoms with Gasteiger partial charge in [0.2, 0.25) is 0 Å². The monoisotopic (exact) mass is 295 g/mol. The molecule has 5 heteroatoms. The first-order valence-electron chi connectivity index (χ1n) is 5.32. The van der Waals surface area contributed by atoms with Crippen molar-refractivity contribution in [2.45, 2.75) is 32.7 Å². The van der Waals surface area contributed by atoms with E-state index in [1.54, 1.807) is 0 Å². The smallest absolute Gasteiger partial charge is 0.188 e. The van der Waals surface area contributed by atoms with Gasteiger partial charge >= 0.3 is 0 Å². The van der Waals surface area contributed by atoms with E-state index in [-0.39, 0.29) is 17.0 Å². The van der Waals surface area contributed by atoms with E-state index in [9.17, 15) is 0 Å². The van der Waals surface area contributed by atoms with Crippen LogP contribution in [-0.4, -0.2) is 30.1 Å². The minimum Gasteiger partial charge on any atom is -0.370 e. The molecular formula is C10H22BrN3S. The first-order chi connectivity index (χ1) is 6.68. The van der Waals surface area contributed by atoms with E-state index in [0.717, 1.165) is 12.5 Å². The summed E-state index contributed by atoms with van der Waals surface area (Å²) in [5, 5.41) is 3.10. The van der Waals surface area contributed by atoms with Crippen molar-refractivity contribution in [2.24, 2.45) is 16.6 Å². The zero-order chi connectivity index (χ0) is 10.4. The number of thioether (sulfide) groups is 1. The molecule has 0 aromatic carbocycles. The summed E-state index contributed by atoms with van der Waals surface area (Å²) in [5.41, 5.74) is 5.72. The first-order valence-corrected chi connectivity index (χ1v) is 6.48. The van der Waals surface area contributed by atoms with Gasteiger partial charge in [0.05, 0.1) is 0 Å². The third-order valence-corrected chi connectivity index (χ3v) is 3.50. The SMILES string of the molecule is Br.CC(C)NC(N)=NCC1CCCSC1. The number of guanidine groups is 1. The Kier molecular flexibility index (Phi) is 8.33. The maximum absolute atomic E-state index is 5.72. The molecule has 90 valence electrons. The van der Waals surface area contributed by atoms with Crippen LogP contribution in [0.4, 0.5) is 0 Å². The Morgan fingerprint density at radius 3 is 2.87 bits per heavy atom. The molecule has 0 bridgehead atoms. The van der Waals surface area contributed by atoms with Crippen LogP contribution in [0.3, 0.4) is 0 Å². The molecule has 0 amide bonds. The molecule has 1 rings (SSSR count). The van der Waals surface area contributed by atoms with Crippen LogP contribution >= 0.6 is 28.7 Å². The van der Waals surface area contributed by atoms with Crippen LogP contribution in [0.1, 0.15) is 26.7 Å². The second-order valence-corrected chi connectivity index (χ2v) is 5.26. The molecule has 3 nitrogen and oxygen atoms in total. The summed E-state index contributed by atoms with van der Waals surface area (Å²) in [4.78, 5) is 4.36. The molecule has 1 atom stereocenters. The van der Waals surface area contributed by atoms with Crippen LogP contribution in [0.5, 0.6) is 0 Å². The van der Waals surface area contributed by atoms with Crippen molar-refractivity contribution in [2.75, 3.05) is 18.1 Å². The lowest BCUT2D eigenvalue weighted by Gasteiger charge is -2.19. The molecule has 1 unspecified atom stereocenters. The summed E-state index contributed by atoms with van der Waals surface area (Å²) in [7, 11) is 0. The van der Waals surface area contributed by atoms with Gasteiger partial charge in [-0.1, -0.05) is 0 Å². The number of nitrogens with zero attached hydrogens (tertiary/aromatic N) is 1. The van der Waals surface area contributed by atoms with E-state index < -0.39 is 0 Å². The molecule has 1 saturated heterocycles. The summed E-state index contributed by atoms with van der Waals surface area (Å²) >= 11 is 2.04. The summed E-state index contributed by atoms with van der Waals surface area (Å²) in [6.07, 6.45) is 2.65. The number of hydrogen-bond acceptors (Lipinski definition) is 2. The number of aliphatic imine (C=N–C) groups is 1. The van der Waals surface area contributed by atoms with E-state index in [2.05, 4.69) is 24.2 Å². The van der Waals surface area contributed by atoms with Gasteiger partial charge in [0.15, 0.2) is 5.96 Å². The largest absolute Gasteiger partial charge is 0.370 e. The molecular weight excluding hydrogens is 274 g/mol. The van der Waals surface area contributed by atoms with Gasteiger partial charge in [-0.3, -0.25) is 4.99 Å². The summed E-state index contributed by atoms with van der Waals surface area (Å²) in [6.45, 7) is 5.02. The Morgan fingerprint density at radius 2 is 2.33 bits per heavy atom. The molecule has 0 aromatic heterocycles. The third kappa shape index (κ3) is 7.06. The van der Waals surface area contributed by atoms with Gasteiger partial charge in [0, 0.05) is 12.6 Å². The lowest BCUT2D eigenvalue weighted by atomic mass is 10.1. The van der Waals surface area contributed by atoms with Crippen LogP contribution < -0.4 is 11.1 Å². The van der Waals surface area contributed by atoms with Gasteiger partial charge in [-0.15, -0.1) is 17.0 Å². The topological polar surface area (TPSA) is 50.4 Å². The van der Waals surface area contributed by atoms with E-state index >= 15 is 0 Å². The molecule has 1 heterocycles. The number of rotatable bonds is 3. The zero-order valence-electron chi connectivity index (χ0n) is 9.53. The maximum atomic E-state index is 5.72. The van der Waals surface area contributed by atoms with Gasteiger partial charge in [0.1, 0.15) is 0 Å². The van der Waals surface area contributed by atoms with Crippen LogP contribution in [0.15, 0.2) is 4.99 Å². The van der Waals surface area contributed by atoms with Crippen LogP contribution in [0, 0.1) is 5.92 Å². The second-order valence-electron chi connectivity index (χ2n) is 4.11. The van der Waals surface area contributed by atoms with Gasteiger partial charge in [-0.2, -0.15) is 11.8 Å². The molecule has 0 radical (unpaired) electrons. The Labute approximate surface area is 107 Å². The van der Waals surface area contributed by atoms with Crippen molar-refractivity contribution < 1.29 is 0 Å². The van der Waals surface area contributed by atoms with Crippen molar-refractivity contribution in [1.82, 2.24) is 5.32 Å². The molecule has 0 aromatic rings. The number of halogens is 1. The van der Waals surface area contributed by atoms with Gasteiger partial charge in [-0.05, 0) is 44.1 Å². The first kappa shape index (κ1) is 15.1. The summed E-state index contributed by atoms with van der Waals surface area (Å²) < 4.78 is 0. The fourth-order valence-corrected chi connectivity index (χ4v) is 2.66. The summed E-state index contributed by atoms with van der Waals surface area (Å²) in [6, 6.07) is 0.375. The minimum atomic E-state index is 0. The second kappa shape index (κ2) is 8.28. The lowest BCUT2D eigenvalue weighted by molar-refractivity contribution is 0.533. The maximum Gasteiger partial charge on any atom is 0.188 e. The van der Waals surface area contributed by atoms with E-state index in [0.29, 0.717) is 12.0 Å². The summed E-state index contributed by atoms with van der Waals surface area (Å²) in [5.74, 6) is 3.90. The third-order valence-electron chi connectivity index (χ3n) is 2.21. The molecule has 3 N–H and O–H groups in total. The van der Waals surface area contributed by atoms with Gasteiger partial charge < -0.3 is 11.1 Å². The number of nitrogens with one attached hydrogen (secondary N) is 1. The quantitative estimate of drug-likeness (QED) is 0.619. The molecule has 0 saturated carbocycles. The average molecular weight is 296 g/mol. The van der Waals surface area contributed by atoms with Crippen molar-refractivity contribution in [3.05, 3.63) is 0 Å². The molecule has 1 aliphatic rings. The standard InChI is InChI=1S/C10H21N3S.BrH/c1-8(2)13-10(11)12-6-9-4-3-5-14-7-9;/h8-9H,3-7H2,1-2H3,(H3,11,12,13);1H. The Balaban J connectivity index is 0.00000196. The molecule has 1 fully saturated rings. The molecule has 0 spiro atoms. The number of hydrogen-bond donors (Lipinski definition) is 2. The average Bonchev–Trinajstić information content (AvgIpc) is 2.15. The molecule has 15 heavy (non-hydrogen) atoms. The highest BCUT2D eigenvalue weighted by molar-refractivity contribution is 8.93. The van der Waals surface area contributed by atoms with Crippen LogP contribution in [0.2, 0.25) is 0 Å². The molecule has 1 aliphatic heterocycles. The molecule has 0 aliphatic carbocycles. The Morgan fingerprint density at radius 1 is 1.60 bits per heavy atom. The van der Waals surface area contributed by atoms with Gasteiger partial charge in [0.25, 0.3) is 0 Å². The lowest BCUT2D eigenvalue weighted by Crippen LogP contribution is -2.37. The Bertz CT molecular complexity index is 191. The van der Waals surface area contributed by atoms with Crippen molar-refractivity contribution in [1.29, 1.82) is 0 Å². The van der Waals surface area contributed by atoms with Crippen LogP contribution in [0.25, 0.3) is 0 Å². The highest BCUT2D eigenvalue weighted by atomic mass is 79.9. The van der Waals surface area contributed by atoms with E-state index in [4.69, 9.17) is 5.73 Å². The van der Waals surface area contributed by atoms with Crippen LogP contribution in [-0.2, 0) is 0 Å². The van der Waals surface area contributed by atoms with Crippen molar-refractivity contribution >= 4 is 34.7 Å². The van der Waals surface area contributed by atoms with Crippen molar-refractivity contribution in [3.63, 3.8) is 0 Å². The zero-order valence-corrected chi connectivity index (χ0v) is 12.1. The van der Waals surface area contributed by atoms with E-state index in [1.807, 2.05) is 11.8 Å². The van der Waals surface area contributed by atoms with E-state index in [1.165, 1.54) is 24.3 Å².